The van der Waals surface area contributed by atoms with Crippen molar-refractivity contribution in [1.82, 2.24) is 19.6 Å². The van der Waals surface area contributed by atoms with E-state index in [-0.39, 0.29) is 24.6 Å². The lowest BCUT2D eigenvalue weighted by Gasteiger charge is -2.03. The van der Waals surface area contributed by atoms with Gasteiger partial charge in [-0.2, -0.15) is 10.2 Å². The molecule has 1 N–H and O–H groups in total. The Morgan fingerprint density at radius 3 is 2.80 bits per heavy atom. The highest BCUT2D eigenvalue weighted by molar-refractivity contribution is 5.91. The average Bonchev–Trinajstić information content (AvgIpc) is 2.94. The van der Waals surface area contributed by atoms with Gasteiger partial charge in [0, 0.05) is 26.2 Å². The van der Waals surface area contributed by atoms with E-state index in [9.17, 15) is 14.9 Å². The number of carbonyl (C=O) groups excluding carboxylic acids is 1. The number of hydrogen-bond acceptors (Lipinski definition) is 5. The number of amides is 1. The molecule has 0 aliphatic heterocycles. The van der Waals surface area contributed by atoms with Crippen molar-refractivity contribution in [2.75, 3.05) is 5.32 Å². The SMILES string of the molecule is Cc1nn(C)cc1NC(=O)CCn1cc([N+](=O)[O-])cn1. The Hall–Kier alpha value is -2.71. The molecule has 0 saturated heterocycles. The molecule has 9 nitrogen and oxygen atoms in total. The van der Waals surface area contributed by atoms with Crippen LogP contribution in [0.25, 0.3) is 0 Å². The van der Waals surface area contributed by atoms with E-state index in [1.165, 1.54) is 10.9 Å². The number of hydrogen-bond donors (Lipinski definition) is 1. The third-order valence-electron chi connectivity index (χ3n) is 2.69. The number of anilines is 1. The molecule has 2 aromatic heterocycles. The van der Waals surface area contributed by atoms with E-state index in [0.717, 1.165) is 11.9 Å². The summed E-state index contributed by atoms with van der Waals surface area (Å²) in [5, 5.41) is 21.2. The van der Waals surface area contributed by atoms with Crippen LogP contribution in [0.1, 0.15) is 12.1 Å². The predicted octanol–water partition coefficient (Wildman–Crippen LogP) is 0.862. The second-order valence-electron chi connectivity index (χ2n) is 4.32. The predicted molar refractivity (Wildman–Crippen MR) is 70.1 cm³/mol. The number of aryl methyl sites for hydroxylation is 3. The van der Waals surface area contributed by atoms with Crippen molar-refractivity contribution >= 4 is 17.3 Å². The summed E-state index contributed by atoms with van der Waals surface area (Å²) in [6.07, 6.45) is 4.34. The smallest absolute Gasteiger partial charge is 0.306 e. The first kappa shape index (κ1) is 13.7. The minimum Gasteiger partial charge on any atom is -0.323 e. The molecular weight excluding hydrogens is 264 g/mol. The molecule has 106 valence electrons. The maximum Gasteiger partial charge on any atom is 0.306 e. The molecule has 0 radical (unpaired) electrons. The Morgan fingerprint density at radius 1 is 1.50 bits per heavy atom. The van der Waals surface area contributed by atoms with Crippen LogP contribution >= 0.6 is 0 Å². The zero-order chi connectivity index (χ0) is 14.7. The van der Waals surface area contributed by atoms with Crippen molar-refractivity contribution < 1.29 is 9.72 Å². The molecule has 0 bridgehead atoms. The first-order chi connectivity index (χ1) is 9.45. The molecule has 2 aromatic rings. The van der Waals surface area contributed by atoms with Crippen LogP contribution in [0.5, 0.6) is 0 Å². The maximum atomic E-state index is 11.8. The molecule has 2 rings (SSSR count). The van der Waals surface area contributed by atoms with Gasteiger partial charge < -0.3 is 5.32 Å². The first-order valence-electron chi connectivity index (χ1n) is 5.92. The van der Waals surface area contributed by atoms with E-state index in [4.69, 9.17) is 0 Å². The molecule has 0 fully saturated rings. The topological polar surface area (TPSA) is 108 Å². The summed E-state index contributed by atoms with van der Waals surface area (Å²) in [5.74, 6) is -0.195. The Labute approximate surface area is 114 Å². The third kappa shape index (κ3) is 3.19. The van der Waals surface area contributed by atoms with Crippen LogP contribution < -0.4 is 5.32 Å². The maximum absolute atomic E-state index is 11.8. The van der Waals surface area contributed by atoms with E-state index >= 15 is 0 Å². The zero-order valence-electron chi connectivity index (χ0n) is 11.1. The first-order valence-corrected chi connectivity index (χ1v) is 5.92. The van der Waals surface area contributed by atoms with E-state index < -0.39 is 4.92 Å². The summed E-state index contributed by atoms with van der Waals surface area (Å²) >= 11 is 0. The van der Waals surface area contributed by atoms with Crippen LogP contribution in [0.15, 0.2) is 18.6 Å². The number of carbonyl (C=O) groups is 1. The van der Waals surface area contributed by atoms with Gasteiger partial charge in [-0.3, -0.25) is 24.3 Å². The molecule has 0 aliphatic rings. The number of nitrogens with one attached hydrogen (secondary N) is 1. The number of aromatic nitrogens is 4. The lowest BCUT2D eigenvalue weighted by atomic mass is 10.3. The lowest BCUT2D eigenvalue weighted by molar-refractivity contribution is -0.385. The average molecular weight is 278 g/mol. The molecule has 9 heteroatoms. The molecule has 0 aromatic carbocycles. The third-order valence-corrected chi connectivity index (χ3v) is 2.69. The monoisotopic (exact) mass is 278 g/mol. The molecule has 0 aliphatic carbocycles. The van der Waals surface area contributed by atoms with Gasteiger partial charge in [-0.15, -0.1) is 0 Å². The highest BCUT2D eigenvalue weighted by Gasteiger charge is 2.11. The minimum absolute atomic E-state index is 0.0893. The van der Waals surface area contributed by atoms with Crippen molar-refractivity contribution in [3.05, 3.63) is 34.4 Å². The van der Waals surface area contributed by atoms with Crippen LogP contribution in [-0.2, 0) is 18.4 Å². The van der Waals surface area contributed by atoms with Gasteiger partial charge in [-0.1, -0.05) is 0 Å². The molecular formula is C11H14N6O3. The Balaban J connectivity index is 1.88. The molecule has 0 unspecified atom stereocenters. The number of rotatable bonds is 5. The van der Waals surface area contributed by atoms with E-state index in [1.807, 2.05) is 0 Å². The van der Waals surface area contributed by atoms with Gasteiger partial charge in [0.1, 0.15) is 12.4 Å². The van der Waals surface area contributed by atoms with E-state index in [0.29, 0.717) is 5.69 Å². The fourth-order valence-corrected chi connectivity index (χ4v) is 1.72. The quantitative estimate of drug-likeness (QED) is 0.644. The molecule has 1 amide bonds. The van der Waals surface area contributed by atoms with Crippen LogP contribution in [0, 0.1) is 17.0 Å². The summed E-state index contributed by atoms with van der Waals surface area (Å²) in [4.78, 5) is 21.7. The van der Waals surface area contributed by atoms with Crippen molar-refractivity contribution in [1.29, 1.82) is 0 Å². The van der Waals surface area contributed by atoms with Crippen molar-refractivity contribution in [2.24, 2.45) is 7.05 Å². The van der Waals surface area contributed by atoms with Gasteiger partial charge in [0.15, 0.2) is 0 Å². The fourth-order valence-electron chi connectivity index (χ4n) is 1.72. The van der Waals surface area contributed by atoms with Crippen molar-refractivity contribution in [2.45, 2.75) is 19.9 Å². The van der Waals surface area contributed by atoms with Gasteiger partial charge >= 0.3 is 5.69 Å². The normalized spacial score (nSPS) is 10.5. The fraction of sp³-hybridized carbons (Fsp3) is 0.364. The summed E-state index contributed by atoms with van der Waals surface area (Å²) in [6.45, 7) is 2.07. The largest absolute Gasteiger partial charge is 0.323 e. The van der Waals surface area contributed by atoms with Gasteiger partial charge in [0.05, 0.1) is 16.3 Å². The van der Waals surface area contributed by atoms with Gasteiger partial charge in [-0.05, 0) is 6.92 Å². The number of nitrogens with zero attached hydrogens (tertiary/aromatic N) is 5. The standard InChI is InChI=1S/C11H14N6O3/c1-8-10(7-15(2)14-8)13-11(18)3-4-16-6-9(5-12-16)17(19)20/h5-7H,3-4H2,1-2H3,(H,13,18). The zero-order valence-corrected chi connectivity index (χ0v) is 11.1. The van der Waals surface area contributed by atoms with Crippen LogP contribution in [0.3, 0.4) is 0 Å². The van der Waals surface area contributed by atoms with Crippen LogP contribution in [0.2, 0.25) is 0 Å². The van der Waals surface area contributed by atoms with Crippen LogP contribution in [0.4, 0.5) is 11.4 Å². The van der Waals surface area contributed by atoms with Gasteiger partial charge in [-0.25, -0.2) is 0 Å². The summed E-state index contributed by atoms with van der Waals surface area (Å²) in [5.41, 5.74) is 1.30. The van der Waals surface area contributed by atoms with Gasteiger partial charge in [0.2, 0.25) is 5.91 Å². The molecule has 0 atom stereocenters. The Bertz CT molecular complexity index is 644. The van der Waals surface area contributed by atoms with E-state index in [2.05, 4.69) is 15.5 Å². The molecule has 2 heterocycles. The Kier molecular flexibility index (Phi) is 3.78. The van der Waals surface area contributed by atoms with Crippen molar-refractivity contribution in [3.63, 3.8) is 0 Å². The second kappa shape index (κ2) is 5.51. The second-order valence-corrected chi connectivity index (χ2v) is 4.32. The van der Waals surface area contributed by atoms with Crippen LogP contribution in [-0.4, -0.2) is 30.4 Å². The highest BCUT2D eigenvalue weighted by atomic mass is 16.6. The summed E-state index contributed by atoms with van der Waals surface area (Å²) in [6, 6.07) is 0. The highest BCUT2D eigenvalue weighted by Crippen LogP contribution is 2.12. The summed E-state index contributed by atoms with van der Waals surface area (Å²) < 4.78 is 2.98. The van der Waals surface area contributed by atoms with E-state index in [1.54, 1.807) is 24.9 Å². The van der Waals surface area contributed by atoms with Gasteiger partial charge in [0.25, 0.3) is 0 Å². The lowest BCUT2D eigenvalue weighted by Crippen LogP contribution is -2.14. The van der Waals surface area contributed by atoms with Crippen molar-refractivity contribution in [3.8, 4) is 0 Å². The number of nitro groups is 1. The Morgan fingerprint density at radius 2 is 2.25 bits per heavy atom. The molecule has 0 spiro atoms. The molecule has 0 saturated carbocycles. The summed E-state index contributed by atoms with van der Waals surface area (Å²) in [7, 11) is 1.77. The minimum atomic E-state index is -0.525. The molecule has 20 heavy (non-hydrogen) atoms.